The molecule has 40 heavy (non-hydrogen) atoms. The zero-order valence-corrected chi connectivity index (χ0v) is 25.8. The van der Waals surface area contributed by atoms with Gasteiger partial charge in [0, 0.05) is 6.42 Å². The van der Waals surface area contributed by atoms with Crippen LogP contribution < -0.4 is 0 Å². The van der Waals surface area contributed by atoms with E-state index in [4.69, 9.17) is 4.99 Å². The van der Waals surface area contributed by atoms with Gasteiger partial charge >= 0.3 is 0 Å². The molecule has 2 aromatic carbocycles. The molecule has 0 fully saturated rings. The first-order valence-electron chi connectivity index (χ1n) is 16.6. The predicted octanol–water partition coefficient (Wildman–Crippen LogP) is 12.2. The van der Waals surface area contributed by atoms with Gasteiger partial charge in [0.2, 0.25) is 0 Å². The van der Waals surface area contributed by atoms with Crippen LogP contribution in [0.4, 0.5) is 11.4 Å². The van der Waals surface area contributed by atoms with Crippen LogP contribution in [0.2, 0.25) is 0 Å². The van der Waals surface area contributed by atoms with Gasteiger partial charge in [0.25, 0.3) is 0 Å². The molecule has 0 amide bonds. The third-order valence-corrected chi connectivity index (χ3v) is 7.47. The van der Waals surface area contributed by atoms with Crippen LogP contribution >= 0.6 is 0 Å². The van der Waals surface area contributed by atoms with Crippen molar-refractivity contribution >= 4 is 23.3 Å². The average Bonchev–Trinajstić information content (AvgIpc) is 2.98. The Morgan fingerprint density at radius 1 is 0.575 bits per heavy atom. The summed E-state index contributed by atoms with van der Waals surface area (Å²) in [5.41, 5.74) is 3.98. The second kappa shape index (κ2) is 24.2. The largest absolute Gasteiger partial charge is 0.254 e. The zero-order valence-electron chi connectivity index (χ0n) is 25.8. The Labute approximate surface area is 247 Å². The van der Waals surface area contributed by atoms with E-state index in [1.54, 1.807) is 0 Å². The van der Waals surface area contributed by atoms with E-state index in [1.165, 1.54) is 115 Å². The molecular weight excluding hydrogens is 484 g/mol. The SMILES string of the molecule is CCCCCC#CC(C=Nc1ccc(CCCCCCCCCCCCCCCCC)cc1)=Nc1ccccc1. The monoisotopic (exact) mass is 540 g/mol. The van der Waals surface area contributed by atoms with Crippen molar-refractivity contribution in [3.05, 3.63) is 60.2 Å². The third-order valence-electron chi connectivity index (χ3n) is 7.47. The van der Waals surface area contributed by atoms with E-state index < -0.39 is 0 Å². The topological polar surface area (TPSA) is 24.7 Å². The van der Waals surface area contributed by atoms with Gasteiger partial charge in [0.1, 0.15) is 5.71 Å². The molecule has 0 heterocycles. The predicted molar refractivity (Wildman–Crippen MR) is 179 cm³/mol. The molecule has 0 spiro atoms. The number of nitrogens with zero attached hydrogens (tertiary/aromatic N) is 2. The third kappa shape index (κ3) is 17.8. The summed E-state index contributed by atoms with van der Waals surface area (Å²) in [6, 6.07) is 18.7. The molecule has 2 aromatic rings. The molecule has 0 aromatic heterocycles. The van der Waals surface area contributed by atoms with Crippen LogP contribution in [-0.2, 0) is 6.42 Å². The molecule has 2 rings (SSSR count). The van der Waals surface area contributed by atoms with Gasteiger partial charge in [-0.1, -0.05) is 153 Å². The van der Waals surface area contributed by atoms with E-state index in [1.807, 2.05) is 36.5 Å². The lowest BCUT2D eigenvalue weighted by atomic mass is 10.0. The van der Waals surface area contributed by atoms with Crippen molar-refractivity contribution in [2.45, 2.75) is 142 Å². The van der Waals surface area contributed by atoms with Gasteiger partial charge in [-0.2, -0.15) is 0 Å². The quantitative estimate of drug-likeness (QED) is 0.0806. The number of unbranched alkanes of at least 4 members (excludes halogenated alkanes) is 17. The number of rotatable bonds is 22. The van der Waals surface area contributed by atoms with Crippen LogP contribution in [-0.4, -0.2) is 11.9 Å². The van der Waals surface area contributed by atoms with Crippen molar-refractivity contribution in [1.82, 2.24) is 0 Å². The fourth-order valence-corrected chi connectivity index (χ4v) is 4.93. The molecule has 0 saturated carbocycles. The summed E-state index contributed by atoms with van der Waals surface area (Å²) in [5, 5.41) is 0. The summed E-state index contributed by atoms with van der Waals surface area (Å²) in [4.78, 5) is 9.38. The first kappa shape index (κ1) is 33.5. The van der Waals surface area contributed by atoms with Crippen LogP contribution in [0.5, 0.6) is 0 Å². The summed E-state index contributed by atoms with van der Waals surface area (Å²) >= 11 is 0. The van der Waals surface area contributed by atoms with Gasteiger partial charge in [-0.25, -0.2) is 4.99 Å². The van der Waals surface area contributed by atoms with Crippen molar-refractivity contribution < 1.29 is 0 Å². The summed E-state index contributed by atoms with van der Waals surface area (Å²) in [6.07, 6.45) is 28.6. The van der Waals surface area contributed by atoms with Gasteiger partial charge in [-0.05, 0) is 55.0 Å². The van der Waals surface area contributed by atoms with Crippen molar-refractivity contribution in [3.63, 3.8) is 0 Å². The fourth-order valence-electron chi connectivity index (χ4n) is 4.93. The second-order valence-corrected chi connectivity index (χ2v) is 11.2. The van der Waals surface area contributed by atoms with Crippen LogP contribution in [0.25, 0.3) is 0 Å². The van der Waals surface area contributed by atoms with E-state index >= 15 is 0 Å². The fraction of sp³-hybridized carbons (Fsp3) is 0.579. The van der Waals surface area contributed by atoms with E-state index in [-0.39, 0.29) is 0 Å². The summed E-state index contributed by atoms with van der Waals surface area (Å²) in [6.45, 7) is 4.51. The lowest BCUT2D eigenvalue weighted by Gasteiger charge is -2.04. The molecule has 0 radical (unpaired) electrons. The molecule has 0 aliphatic carbocycles. The van der Waals surface area contributed by atoms with E-state index in [0.29, 0.717) is 5.71 Å². The molecule has 2 nitrogen and oxygen atoms in total. The maximum absolute atomic E-state index is 4.71. The summed E-state index contributed by atoms with van der Waals surface area (Å²) < 4.78 is 0. The minimum Gasteiger partial charge on any atom is -0.254 e. The highest BCUT2D eigenvalue weighted by atomic mass is 14.8. The van der Waals surface area contributed by atoms with E-state index in [0.717, 1.165) is 30.6 Å². The minimum atomic E-state index is 0.713. The van der Waals surface area contributed by atoms with Crippen LogP contribution in [0.15, 0.2) is 64.6 Å². The maximum Gasteiger partial charge on any atom is 0.132 e. The lowest BCUT2D eigenvalue weighted by molar-refractivity contribution is 0.532. The standard InChI is InChI=1S/C38H56N2/c1-3-5-7-9-10-11-12-13-14-15-16-17-18-20-22-26-35-30-32-36(33-31-35)39-34-38(29-23-19-8-6-4-2)40-37-27-24-21-25-28-37/h21,24-25,27-28,30-34H,3-20,22,26H2,1-2H3. The Kier molecular flexibility index (Phi) is 20.3. The minimum absolute atomic E-state index is 0.713. The highest BCUT2D eigenvalue weighted by molar-refractivity contribution is 6.39. The zero-order chi connectivity index (χ0) is 28.4. The van der Waals surface area contributed by atoms with Crippen molar-refractivity contribution in [1.29, 1.82) is 0 Å². The maximum atomic E-state index is 4.71. The van der Waals surface area contributed by atoms with Crippen LogP contribution in [0, 0.1) is 11.8 Å². The van der Waals surface area contributed by atoms with Gasteiger partial charge in [0.15, 0.2) is 0 Å². The Balaban J connectivity index is 1.62. The smallest absolute Gasteiger partial charge is 0.132 e. The Morgan fingerprint density at radius 3 is 1.68 bits per heavy atom. The van der Waals surface area contributed by atoms with Gasteiger partial charge < -0.3 is 0 Å². The van der Waals surface area contributed by atoms with Gasteiger partial charge in [0.05, 0.1) is 17.6 Å². The van der Waals surface area contributed by atoms with Crippen LogP contribution in [0.3, 0.4) is 0 Å². The average molecular weight is 541 g/mol. The first-order valence-corrected chi connectivity index (χ1v) is 16.6. The van der Waals surface area contributed by atoms with E-state index in [2.05, 4.69) is 54.9 Å². The van der Waals surface area contributed by atoms with E-state index in [9.17, 15) is 0 Å². The Morgan fingerprint density at radius 2 is 1.10 bits per heavy atom. The lowest BCUT2D eigenvalue weighted by Crippen LogP contribution is -1.95. The second-order valence-electron chi connectivity index (χ2n) is 11.2. The Hall–Kier alpha value is -2.66. The number of benzene rings is 2. The molecule has 2 heteroatoms. The highest BCUT2D eigenvalue weighted by Crippen LogP contribution is 2.17. The highest BCUT2D eigenvalue weighted by Gasteiger charge is 1.98. The number of para-hydroxylation sites is 1. The molecule has 0 aliphatic heterocycles. The molecule has 218 valence electrons. The molecule has 0 N–H and O–H groups in total. The first-order chi connectivity index (χ1) is 19.8. The molecule has 0 bridgehead atoms. The summed E-state index contributed by atoms with van der Waals surface area (Å²) in [5.74, 6) is 6.51. The van der Waals surface area contributed by atoms with Crippen LogP contribution in [0.1, 0.15) is 141 Å². The molecule has 0 unspecified atom stereocenters. The van der Waals surface area contributed by atoms with Crippen molar-refractivity contribution in [2.75, 3.05) is 0 Å². The molecule has 0 saturated heterocycles. The number of aliphatic imine (C=N–C) groups is 2. The van der Waals surface area contributed by atoms with Crippen molar-refractivity contribution in [3.8, 4) is 11.8 Å². The molecule has 0 aliphatic rings. The number of hydrogen-bond acceptors (Lipinski definition) is 2. The molecule has 0 atom stereocenters. The number of aryl methyl sites for hydroxylation is 1. The summed E-state index contributed by atoms with van der Waals surface area (Å²) in [7, 11) is 0. The normalized spacial score (nSPS) is 11.6. The van der Waals surface area contributed by atoms with Crippen molar-refractivity contribution in [2.24, 2.45) is 9.98 Å². The Bertz CT molecular complexity index is 976. The van der Waals surface area contributed by atoms with Gasteiger partial charge in [-0.15, -0.1) is 0 Å². The molecular formula is C38H56N2. The van der Waals surface area contributed by atoms with Gasteiger partial charge in [-0.3, -0.25) is 4.99 Å². The number of hydrogen-bond donors (Lipinski definition) is 0.